The smallest absolute Gasteiger partial charge is 0.414 e. The van der Waals surface area contributed by atoms with Crippen LogP contribution in [0, 0.1) is 0 Å². The Balaban J connectivity index is 1.19. The van der Waals surface area contributed by atoms with Crippen LogP contribution in [0.1, 0.15) is 35.3 Å². The van der Waals surface area contributed by atoms with E-state index in [0.717, 1.165) is 48.3 Å². The van der Waals surface area contributed by atoms with Gasteiger partial charge in [-0.3, -0.25) is 14.8 Å². The zero-order valence-corrected chi connectivity index (χ0v) is 18.3. The number of rotatable bonds is 9. The van der Waals surface area contributed by atoms with Gasteiger partial charge in [-0.05, 0) is 49.6 Å². The molecule has 0 spiro atoms. The molecule has 1 aliphatic heterocycles. The Kier molecular flexibility index (Phi) is 6.84. The Morgan fingerprint density at radius 1 is 1.09 bits per heavy atom. The van der Waals surface area contributed by atoms with Crippen LogP contribution in [-0.4, -0.2) is 53.8 Å². The number of H-pyrrole nitrogens is 1. The van der Waals surface area contributed by atoms with Crippen LogP contribution in [0.25, 0.3) is 11.3 Å². The number of hydrogen-bond donors (Lipinski definition) is 1. The molecule has 0 unspecified atom stereocenters. The highest BCUT2D eigenvalue weighted by Gasteiger charge is 2.23. The summed E-state index contributed by atoms with van der Waals surface area (Å²) in [5.74, 6) is -0.0124. The number of aromatic nitrogens is 2. The van der Waals surface area contributed by atoms with Crippen molar-refractivity contribution in [2.75, 3.05) is 31.6 Å². The third kappa shape index (κ3) is 5.17. The van der Waals surface area contributed by atoms with Crippen molar-refractivity contribution in [3.63, 3.8) is 0 Å². The lowest BCUT2D eigenvalue weighted by Gasteiger charge is -2.18. The molecule has 0 radical (unpaired) electrons. The standard InChI is InChI=1S/C25H28N4O3/c1-28(24(30)20-11-13-22(14-12-20)29-16-17-32-25(29)31)15-7-3-6-10-21-18-23(27-26-21)19-8-4-2-5-9-19/h2,4-5,8-9,11-14,18H,3,6-7,10,15-17H2,1H3,(H,26,27). The molecule has 7 heteroatoms. The fourth-order valence-electron chi connectivity index (χ4n) is 3.82. The summed E-state index contributed by atoms with van der Waals surface area (Å²) in [4.78, 5) is 27.6. The highest BCUT2D eigenvalue weighted by Crippen LogP contribution is 2.20. The van der Waals surface area contributed by atoms with Gasteiger partial charge in [-0.25, -0.2) is 4.79 Å². The molecule has 3 aromatic rings. The fourth-order valence-corrected chi connectivity index (χ4v) is 3.82. The van der Waals surface area contributed by atoms with Gasteiger partial charge >= 0.3 is 6.09 Å². The Morgan fingerprint density at radius 3 is 2.59 bits per heavy atom. The van der Waals surface area contributed by atoms with Crippen LogP contribution in [0.15, 0.2) is 60.7 Å². The highest BCUT2D eigenvalue weighted by atomic mass is 16.6. The van der Waals surface area contributed by atoms with Gasteiger partial charge in [0.25, 0.3) is 5.91 Å². The maximum atomic E-state index is 12.7. The van der Waals surface area contributed by atoms with Crippen molar-refractivity contribution in [1.82, 2.24) is 15.1 Å². The number of ether oxygens (including phenoxy) is 1. The number of unbranched alkanes of at least 4 members (excludes halogenated alkanes) is 2. The van der Waals surface area contributed by atoms with E-state index in [9.17, 15) is 9.59 Å². The van der Waals surface area contributed by atoms with Gasteiger partial charge in [0.2, 0.25) is 0 Å². The molecule has 1 saturated heterocycles. The van der Waals surface area contributed by atoms with Crippen LogP contribution in [0.2, 0.25) is 0 Å². The maximum Gasteiger partial charge on any atom is 0.414 e. The first-order valence-electron chi connectivity index (χ1n) is 11.0. The molecule has 166 valence electrons. The number of carbonyl (C=O) groups is 2. The molecular weight excluding hydrogens is 404 g/mol. The van der Waals surface area contributed by atoms with E-state index in [1.165, 1.54) is 0 Å². The molecule has 1 fully saturated rings. The van der Waals surface area contributed by atoms with Crippen LogP contribution in [0.5, 0.6) is 0 Å². The van der Waals surface area contributed by atoms with E-state index in [-0.39, 0.29) is 12.0 Å². The van der Waals surface area contributed by atoms with E-state index < -0.39 is 0 Å². The Morgan fingerprint density at radius 2 is 1.88 bits per heavy atom. The monoisotopic (exact) mass is 432 g/mol. The van der Waals surface area contributed by atoms with Gasteiger partial charge in [0.15, 0.2) is 0 Å². The molecule has 2 amide bonds. The molecule has 0 saturated carbocycles. The van der Waals surface area contributed by atoms with Gasteiger partial charge in [0.05, 0.1) is 12.2 Å². The van der Waals surface area contributed by atoms with E-state index >= 15 is 0 Å². The first-order valence-corrected chi connectivity index (χ1v) is 11.0. The number of benzene rings is 2. The molecule has 2 heterocycles. The number of cyclic esters (lactones) is 1. The molecule has 1 aromatic heterocycles. The normalized spacial score (nSPS) is 13.3. The summed E-state index contributed by atoms with van der Waals surface area (Å²) < 4.78 is 4.96. The summed E-state index contributed by atoms with van der Waals surface area (Å²) in [6, 6.07) is 19.4. The van der Waals surface area contributed by atoms with Crippen LogP contribution in [0.4, 0.5) is 10.5 Å². The quantitative estimate of drug-likeness (QED) is 0.504. The molecule has 7 nitrogen and oxygen atoms in total. The Hall–Kier alpha value is -3.61. The zero-order chi connectivity index (χ0) is 22.3. The summed E-state index contributed by atoms with van der Waals surface area (Å²) >= 11 is 0. The number of aromatic amines is 1. The van der Waals surface area contributed by atoms with Gasteiger partial charge in [-0.1, -0.05) is 36.8 Å². The summed E-state index contributed by atoms with van der Waals surface area (Å²) in [6.07, 6.45) is 3.62. The summed E-state index contributed by atoms with van der Waals surface area (Å²) in [7, 11) is 1.83. The van der Waals surface area contributed by atoms with Gasteiger partial charge in [-0.15, -0.1) is 0 Å². The van der Waals surface area contributed by atoms with Crippen molar-refractivity contribution >= 4 is 17.7 Å². The zero-order valence-electron chi connectivity index (χ0n) is 18.3. The van der Waals surface area contributed by atoms with Crippen molar-refractivity contribution in [3.05, 3.63) is 71.9 Å². The van der Waals surface area contributed by atoms with Crippen LogP contribution in [-0.2, 0) is 11.2 Å². The molecular formula is C25H28N4O3. The van der Waals surface area contributed by atoms with Gasteiger partial charge < -0.3 is 9.64 Å². The number of nitrogens with zero attached hydrogens (tertiary/aromatic N) is 3. The second-order valence-electron chi connectivity index (χ2n) is 7.99. The number of aryl methyl sites for hydroxylation is 1. The summed E-state index contributed by atoms with van der Waals surface area (Å²) in [5.41, 5.74) is 4.59. The number of amides is 2. The van der Waals surface area contributed by atoms with E-state index in [2.05, 4.69) is 28.4 Å². The number of carbonyl (C=O) groups excluding carboxylic acids is 2. The number of hydrogen-bond acceptors (Lipinski definition) is 4. The fraction of sp³-hybridized carbons (Fsp3) is 0.320. The second kappa shape index (κ2) is 10.1. The van der Waals surface area contributed by atoms with E-state index in [4.69, 9.17) is 4.74 Å². The van der Waals surface area contributed by atoms with Crippen molar-refractivity contribution in [3.8, 4) is 11.3 Å². The van der Waals surface area contributed by atoms with E-state index in [1.54, 1.807) is 34.1 Å². The third-order valence-corrected chi connectivity index (χ3v) is 5.67. The highest BCUT2D eigenvalue weighted by molar-refractivity contribution is 5.95. The molecule has 0 bridgehead atoms. The van der Waals surface area contributed by atoms with Gasteiger partial charge in [0, 0.05) is 36.1 Å². The lowest BCUT2D eigenvalue weighted by molar-refractivity contribution is 0.0792. The minimum Gasteiger partial charge on any atom is -0.447 e. The predicted molar refractivity (Wildman–Crippen MR) is 124 cm³/mol. The third-order valence-electron chi connectivity index (χ3n) is 5.67. The lowest BCUT2D eigenvalue weighted by Crippen LogP contribution is -2.28. The van der Waals surface area contributed by atoms with Gasteiger partial charge in [0.1, 0.15) is 6.61 Å². The molecule has 1 N–H and O–H groups in total. The van der Waals surface area contributed by atoms with Crippen LogP contribution >= 0.6 is 0 Å². The summed E-state index contributed by atoms with van der Waals surface area (Å²) in [6.45, 7) is 1.65. The maximum absolute atomic E-state index is 12.7. The second-order valence-corrected chi connectivity index (χ2v) is 7.99. The van der Waals surface area contributed by atoms with Crippen molar-refractivity contribution in [2.24, 2.45) is 0 Å². The van der Waals surface area contributed by atoms with E-state index in [0.29, 0.717) is 25.3 Å². The molecule has 0 aliphatic carbocycles. The minimum atomic E-state index is -0.340. The molecule has 2 aromatic carbocycles. The first kappa shape index (κ1) is 21.6. The largest absolute Gasteiger partial charge is 0.447 e. The Labute approximate surface area is 188 Å². The predicted octanol–water partition coefficient (Wildman–Crippen LogP) is 4.52. The molecule has 0 atom stereocenters. The number of nitrogens with one attached hydrogen (secondary N) is 1. The molecule has 32 heavy (non-hydrogen) atoms. The molecule has 4 rings (SSSR count). The van der Waals surface area contributed by atoms with E-state index in [1.807, 2.05) is 25.2 Å². The Bertz CT molecular complexity index is 1050. The minimum absolute atomic E-state index is 0.0124. The van der Waals surface area contributed by atoms with Gasteiger partial charge in [-0.2, -0.15) is 5.10 Å². The van der Waals surface area contributed by atoms with Crippen molar-refractivity contribution in [2.45, 2.75) is 25.7 Å². The van der Waals surface area contributed by atoms with Crippen molar-refractivity contribution < 1.29 is 14.3 Å². The first-order chi connectivity index (χ1) is 15.6. The SMILES string of the molecule is CN(CCCCCc1cc(-c2ccccc2)n[nH]1)C(=O)c1ccc(N2CCOC2=O)cc1. The summed E-state index contributed by atoms with van der Waals surface area (Å²) in [5, 5.41) is 7.52. The average Bonchev–Trinajstić information content (AvgIpc) is 3.48. The van der Waals surface area contributed by atoms with Crippen molar-refractivity contribution in [1.29, 1.82) is 0 Å². The van der Waals surface area contributed by atoms with Crippen LogP contribution in [0.3, 0.4) is 0 Å². The average molecular weight is 433 g/mol. The number of anilines is 1. The van der Waals surface area contributed by atoms with Crippen LogP contribution < -0.4 is 4.90 Å². The lowest BCUT2D eigenvalue weighted by atomic mass is 10.1. The molecule has 1 aliphatic rings. The topological polar surface area (TPSA) is 78.5 Å².